The topological polar surface area (TPSA) is 26.3 Å². The molecule has 1 saturated carbocycles. The molecule has 1 aliphatic carbocycles. The summed E-state index contributed by atoms with van der Waals surface area (Å²) < 4.78 is 5.16. The van der Waals surface area contributed by atoms with Crippen molar-refractivity contribution in [2.45, 2.75) is 33.6 Å². The van der Waals surface area contributed by atoms with Gasteiger partial charge in [0.25, 0.3) is 0 Å². The van der Waals surface area contributed by atoms with Crippen molar-refractivity contribution in [2.24, 2.45) is 17.8 Å². The van der Waals surface area contributed by atoms with E-state index in [1.165, 1.54) is 0 Å². The average molecular weight is 272 g/mol. The highest BCUT2D eigenvalue weighted by atomic mass is 16.5. The van der Waals surface area contributed by atoms with E-state index in [1.54, 1.807) is 7.11 Å². The molecule has 2 rings (SSSR count). The monoisotopic (exact) mass is 272 g/mol. The highest BCUT2D eigenvalue weighted by Gasteiger charge is 2.32. The SMILES string of the molecule is COc1ccc(C=C2C(=O)[C@@H](C(C)C)CC[C@H]2C)cc1. The van der Waals surface area contributed by atoms with Gasteiger partial charge in [0, 0.05) is 5.92 Å². The largest absolute Gasteiger partial charge is 0.497 e. The molecular weight excluding hydrogens is 248 g/mol. The van der Waals surface area contributed by atoms with Gasteiger partial charge in [0.1, 0.15) is 5.75 Å². The van der Waals surface area contributed by atoms with Crippen molar-refractivity contribution in [3.05, 3.63) is 35.4 Å². The molecule has 0 aromatic heterocycles. The van der Waals surface area contributed by atoms with Crippen LogP contribution in [-0.2, 0) is 4.79 Å². The molecule has 1 aromatic carbocycles. The fourth-order valence-corrected chi connectivity index (χ4v) is 2.90. The minimum atomic E-state index is 0.190. The number of hydrogen-bond donors (Lipinski definition) is 0. The summed E-state index contributed by atoms with van der Waals surface area (Å²) in [6.07, 6.45) is 4.19. The molecule has 108 valence electrons. The molecule has 0 unspecified atom stereocenters. The number of ketones is 1. The van der Waals surface area contributed by atoms with E-state index in [0.29, 0.717) is 17.6 Å². The van der Waals surface area contributed by atoms with E-state index in [1.807, 2.05) is 24.3 Å². The van der Waals surface area contributed by atoms with Gasteiger partial charge in [-0.2, -0.15) is 0 Å². The predicted octanol–water partition coefficient (Wildman–Crippen LogP) is 4.35. The summed E-state index contributed by atoms with van der Waals surface area (Å²) in [5.41, 5.74) is 2.06. The quantitative estimate of drug-likeness (QED) is 0.765. The van der Waals surface area contributed by atoms with E-state index in [9.17, 15) is 4.79 Å². The molecule has 1 aromatic rings. The second kappa shape index (κ2) is 6.25. The van der Waals surface area contributed by atoms with E-state index in [-0.39, 0.29) is 5.92 Å². The second-order valence-corrected chi connectivity index (χ2v) is 6.07. The first kappa shape index (κ1) is 14.8. The third-order valence-corrected chi connectivity index (χ3v) is 4.31. The summed E-state index contributed by atoms with van der Waals surface area (Å²) in [5.74, 6) is 2.16. The standard InChI is InChI=1S/C18H24O2/c1-12(2)16-10-5-13(3)17(18(16)19)11-14-6-8-15(20-4)9-7-14/h6-9,11-13,16H,5,10H2,1-4H3/t13-,16-/m1/s1. The molecule has 1 fully saturated rings. The zero-order valence-corrected chi connectivity index (χ0v) is 12.8. The van der Waals surface area contributed by atoms with Crippen molar-refractivity contribution in [2.75, 3.05) is 7.11 Å². The molecule has 0 radical (unpaired) electrons. The van der Waals surface area contributed by atoms with E-state index in [0.717, 1.165) is 29.7 Å². The van der Waals surface area contributed by atoms with Crippen LogP contribution in [0.1, 0.15) is 39.2 Å². The number of benzene rings is 1. The zero-order chi connectivity index (χ0) is 14.7. The Morgan fingerprint density at radius 3 is 2.40 bits per heavy atom. The van der Waals surface area contributed by atoms with E-state index in [2.05, 4.69) is 26.8 Å². The first-order valence-electron chi connectivity index (χ1n) is 7.42. The fourth-order valence-electron chi connectivity index (χ4n) is 2.90. The Bertz CT molecular complexity index is 497. The van der Waals surface area contributed by atoms with Crippen LogP contribution < -0.4 is 4.74 Å². The second-order valence-electron chi connectivity index (χ2n) is 6.07. The number of methoxy groups -OCH3 is 1. The van der Waals surface area contributed by atoms with Gasteiger partial charge in [-0.15, -0.1) is 0 Å². The Labute approximate surface area is 121 Å². The minimum absolute atomic E-state index is 0.190. The molecule has 0 amide bonds. The minimum Gasteiger partial charge on any atom is -0.497 e. The predicted molar refractivity (Wildman–Crippen MR) is 82.7 cm³/mol. The van der Waals surface area contributed by atoms with Crippen LogP contribution in [0.4, 0.5) is 0 Å². The molecule has 0 bridgehead atoms. The van der Waals surface area contributed by atoms with Crippen LogP contribution in [0.3, 0.4) is 0 Å². The maximum atomic E-state index is 12.6. The Hall–Kier alpha value is -1.57. The lowest BCUT2D eigenvalue weighted by Crippen LogP contribution is -2.30. The number of ether oxygens (including phenoxy) is 1. The van der Waals surface area contributed by atoms with E-state index < -0.39 is 0 Å². The third-order valence-electron chi connectivity index (χ3n) is 4.31. The molecule has 0 heterocycles. The lowest BCUT2D eigenvalue weighted by molar-refractivity contribution is -0.122. The highest BCUT2D eigenvalue weighted by molar-refractivity contribution is 6.02. The molecule has 20 heavy (non-hydrogen) atoms. The van der Waals surface area contributed by atoms with Crippen molar-refractivity contribution in [1.82, 2.24) is 0 Å². The van der Waals surface area contributed by atoms with Gasteiger partial charge >= 0.3 is 0 Å². The molecular formula is C18H24O2. The summed E-state index contributed by atoms with van der Waals surface area (Å²) in [4.78, 5) is 12.6. The lowest BCUT2D eigenvalue weighted by atomic mass is 9.73. The van der Waals surface area contributed by atoms with Crippen LogP contribution >= 0.6 is 0 Å². The van der Waals surface area contributed by atoms with E-state index in [4.69, 9.17) is 4.74 Å². The van der Waals surface area contributed by atoms with Crippen molar-refractivity contribution >= 4 is 11.9 Å². The lowest BCUT2D eigenvalue weighted by Gasteiger charge is -2.30. The van der Waals surface area contributed by atoms with Crippen LogP contribution in [0.2, 0.25) is 0 Å². The van der Waals surface area contributed by atoms with Gasteiger partial charge in [0.05, 0.1) is 7.11 Å². The summed E-state index contributed by atoms with van der Waals surface area (Å²) in [5, 5.41) is 0. The smallest absolute Gasteiger partial charge is 0.162 e. The molecule has 0 saturated heterocycles. The molecule has 2 atom stereocenters. The number of carbonyl (C=O) groups is 1. The van der Waals surface area contributed by atoms with Crippen molar-refractivity contribution in [1.29, 1.82) is 0 Å². The van der Waals surface area contributed by atoms with E-state index >= 15 is 0 Å². The Morgan fingerprint density at radius 1 is 1.20 bits per heavy atom. The van der Waals surface area contributed by atoms with Crippen molar-refractivity contribution < 1.29 is 9.53 Å². The van der Waals surface area contributed by atoms with Gasteiger partial charge in [0.15, 0.2) is 5.78 Å². The number of Topliss-reactive ketones (excluding diaryl/α,β-unsaturated/α-hetero) is 1. The number of allylic oxidation sites excluding steroid dienone is 1. The zero-order valence-electron chi connectivity index (χ0n) is 12.8. The normalized spacial score (nSPS) is 25.2. The molecule has 0 N–H and O–H groups in total. The maximum Gasteiger partial charge on any atom is 0.162 e. The third kappa shape index (κ3) is 3.12. The summed E-state index contributed by atoms with van der Waals surface area (Å²) in [7, 11) is 1.66. The number of hydrogen-bond acceptors (Lipinski definition) is 2. The van der Waals surface area contributed by atoms with Gasteiger partial charge in [0.2, 0.25) is 0 Å². The fraction of sp³-hybridized carbons (Fsp3) is 0.500. The van der Waals surface area contributed by atoms with Gasteiger partial charge in [-0.25, -0.2) is 0 Å². The molecule has 0 aliphatic heterocycles. The van der Waals surface area contributed by atoms with Gasteiger partial charge in [-0.3, -0.25) is 4.79 Å². The van der Waals surface area contributed by atoms with Crippen molar-refractivity contribution in [3.8, 4) is 5.75 Å². The van der Waals surface area contributed by atoms with Gasteiger partial charge in [-0.1, -0.05) is 32.9 Å². The average Bonchev–Trinajstić information content (AvgIpc) is 2.43. The summed E-state index contributed by atoms with van der Waals surface area (Å²) >= 11 is 0. The maximum absolute atomic E-state index is 12.6. The van der Waals surface area contributed by atoms with Gasteiger partial charge < -0.3 is 4.74 Å². The first-order valence-corrected chi connectivity index (χ1v) is 7.42. The molecule has 2 heteroatoms. The van der Waals surface area contributed by atoms with Gasteiger partial charge in [-0.05, 0) is 54.0 Å². The highest BCUT2D eigenvalue weighted by Crippen LogP contribution is 2.35. The van der Waals surface area contributed by atoms with Crippen LogP contribution in [0.5, 0.6) is 5.75 Å². The molecule has 0 spiro atoms. The van der Waals surface area contributed by atoms with Crippen LogP contribution in [0.15, 0.2) is 29.8 Å². The molecule has 1 aliphatic rings. The summed E-state index contributed by atoms with van der Waals surface area (Å²) in [6.45, 7) is 6.44. The summed E-state index contributed by atoms with van der Waals surface area (Å²) in [6, 6.07) is 7.88. The number of rotatable bonds is 3. The Balaban J connectivity index is 2.27. The Morgan fingerprint density at radius 2 is 1.85 bits per heavy atom. The Kier molecular flexibility index (Phi) is 4.64. The first-order chi connectivity index (χ1) is 9.52. The van der Waals surface area contributed by atoms with Crippen molar-refractivity contribution in [3.63, 3.8) is 0 Å². The molecule has 2 nitrogen and oxygen atoms in total. The van der Waals surface area contributed by atoms with Crippen LogP contribution in [0.25, 0.3) is 6.08 Å². The van der Waals surface area contributed by atoms with Crippen LogP contribution in [0, 0.1) is 17.8 Å². The number of carbonyl (C=O) groups excluding carboxylic acids is 1. The van der Waals surface area contributed by atoms with Crippen LogP contribution in [-0.4, -0.2) is 12.9 Å².